The van der Waals surface area contributed by atoms with E-state index >= 15 is 0 Å². The maximum atomic E-state index is 12.7. The van der Waals surface area contributed by atoms with E-state index in [9.17, 15) is 8.42 Å². The van der Waals surface area contributed by atoms with E-state index in [-0.39, 0.29) is 0 Å². The average Bonchev–Trinajstić information content (AvgIpc) is 3.49. The number of methoxy groups -OCH3 is 1. The second kappa shape index (κ2) is 12.0. The number of benzene rings is 2. The van der Waals surface area contributed by atoms with Crippen LogP contribution in [0.3, 0.4) is 0 Å². The molecule has 0 aliphatic carbocycles. The maximum absolute atomic E-state index is 12.7. The van der Waals surface area contributed by atoms with Gasteiger partial charge in [0.25, 0.3) is 0 Å². The van der Waals surface area contributed by atoms with E-state index in [0.717, 1.165) is 49.1 Å². The molecule has 0 saturated carbocycles. The molecule has 1 aliphatic heterocycles. The number of piperidine rings is 1. The van der Waals surface area contributed by atoms with E-state index in [0.29, 0.717) is 57.0 Å². The summed E-state index contributed by atoms with van der Waals surface area (Å²) < 4.78 is 32.3. The zero-order valence-corrected chi connectivity index (χ0v) is 27.1. The number of fused-ring (bicyclic) bond motifs is 2. The SMILES string of the molecule is COc1cc(N2CCC(N(C)C)CC2)c(C)cc1Nc1nc(Nc2ccc3nccnc3c2N(C)S(C)(=O)=O)c2[nH]ccc2n1. The molecule has 236 valence electrons. The molecule has 4 heterocycles. The lowest BCUT2D eigenvalue weighted by Gasteiger charge is -2.37. The summed E-state index contributed by atoms with van der Waals surface area (Å²) in [7, 11) is 3.82. The monoisotopic (exact) mass is 630 g/mol. The topological polar surface area (TPSA) is 144 Å². The van der Waals surface area contributed by atoms with E-state index in [4.69, 9.17) is 14.7 Å². The van der Waals surface area contributed by atoms with Crippen LogP contribution >= 0.6 is 0 Å². The third-order valence-corrected chi connectivity index (χ3v) is 9.56. The molecular formula is C31H38N10O3S. The molecule has 1 saturated heterocycles. The van der Waals surface area contributed by atoms with Gasteiger partial charge in [-0.05, 0) is 63.7 Å². The molecule has 0 spiro atoms. The van der Waals surface area contributed by atoms with Crippen molar-refractivity contribution in [3.05, 3.63) is 54.5 Å². The third-order valence-electron chi connectivity index (χ3n) is 8.39. The molecule has 13 nitrogen and oxygen atoms in total. The van der Waals surface area contributed by atoms with Crippen LogP contribution in [0.1, 0.15) is 18.4 Å². The van der Waals surface area contributed by atoms with E-state index in [1.165, 1.54) is 17.5 Å². The van der Waals surface area contributed by atoms with E-state index in [1.54, 1.807) is 31.6 Å². The predicted octanol–water partition coefficient (Wildman–Crippen LogP) is 4.63. The van der Waals surface area contributed by atoms with Crippen LogP contribution in [0.4, 0.5) is 34.5 Å². The normalized spacial score (nSPS) is 14.3. The molecule has 6 rings (SSSR count). The number of hydrogen-bond acceptors (Lipinski definition) is 11. The lowest BCUT2D eigenvalue weighted by Crippen LogP contribution is -2.42. The molecule has 14 heteroatoms. The van der Waals surface area contributed by atoms with Gasteiger partial charge >= 0.3 is 0 Å². The molecule has 0 atom stereocenters. The Bertz CT molecular complexity index is 1970. The summed E-state index contributed by atoms with van der Waals surface area (Å²) in [6.07, 6.45) is 8.26. The second-order valence-corrected chi connectivity index (χ2v) is 13.5. The number of aromatic amines is 1. The minimum absolute atomic E-state index is 0.348. The number of sulfonamides is 1. The summed E-state index contributed by atoms with van der Waals surface area (Å²) in [4.78, 5) is 26.3. The number of H-pyrrole nitrogens is 1. The van der Waals surface area contributed by atoms with Gasteiger partial charge in [-0.15, -0.1) is 0 Å². The Balaban J connectivity index is 1.35. The molecule has 1 aliphatic rings. The van der Waals surface area contributed by atoms with Gasteiger partial charge in [0.15, 0.2) is 5.82 Å². The lowest BCUT2D eigenvalue weighted by atomic mass is 10.0. The van der Waals surface area contributed by atoms with Gasteiger partial charge in [-0.1, -0.05) is 0 Å². The lowest BCUT2D eigenvalue weighted by molar-refractivity contribution is 0.249. The van der Waals surface area contributed by atoms with Crippen LogP contribution in [0.5, 0.6) is 5.75 Å². The zero-order chi connectivity index (χ0) is 31.9. The second-order valence-electron chi connectivity index (χ2n) is 11.5. The van der Waals surface area contributed by atoms with Crippen molar-refractivity contribution in [1.82, 2.24) is 29.8 Å². The molecule has 45 heavy (non-hydrogen) atoms. The van der Waals surface area contributed by atoms with Crippen LogP contribution in [0, 0.1) is 6.92 Å². The van der Waals surface area contributed by atoms with Crippen LogP contribution in [-0.2, 0) is 10.0 Å². The number of aryl methyl sites for hydroxylation is 1. The molecule has 3 aromatic heterocycles. The van der Waals surface area contributed by atoms with Crippen LogP contribution in [0.15, 0.2) is 48.9 Å². The summed E-state index contributed by atoms with van der Waals surface area (Å²) in [5.41, 5.74) is 6.20. The van der Waals surface area contributed by atoms with Crippen molar-refractivity contribution in [2.75, 3.05) is 67.4 Å². The number of aromatic nitrogens is 5. The first-order valence-corrected chi connectivity index (χ1v) is 16.5. The van der Waals surface area contributed by atoms with E-state index < -0.39 is 10.0 Å². The Morgan fingerprint density at radius 3 is 2.44 bits per heavy atom. The fraction of sp³-hybridized carbons (Fsp3) is 0.355. The highest BCUT2D eigenvalue weighted by Crippen LogP contribution is 2.38. The molecule has 3 N–H and O–H groups in total. The molecule has 5 aromatic rings. The highest BCUT2D eigenvalue weighted by Gasteiger charge is 2.24. The molecule has 0 unspecified atom stereocenters. The first-order chi connectivity index (χ1) is 21.5. The Morgan fingerprint density at radius 2 is 1.73 bits per heavy atom. The molecule has 2 aromatic carbocycles. The summed E-state index contributed by atoms with van der Waals surface area (Å²) in [6.45, 7) is 4.07. The van der Waals surface area contributed by atoms with E-state index in [1.807, 2.05) is 6.07 Å². The molecule has 1 fully saturated rings. The fourth-order valence-corrected chi connectivity index (χ4v) is 6.37. The molecule has 0 bridgehead atoms. The molecule has 0 amide bonds. The van der Waals surface area contributed by atoms with Crippen molar-refractivity contribution in [3.8, 4) is 5.75 Å². The van der Waals surface area contributed by atoms with Crippen molar-refractivity contribution in [2.24, 2.45) is 0 Å². The Kier molecular flexibility index (Phi) is 8.10. The Morgan fingerprint density at radius 1 is 0.978 bits per heavy atom. The van der Waals surface area contributed by atoms with Crippen LogP contribution < -0.4 is 24.6 Å². The first-order valence-electron chi connectivity index (χ1n) is 14.7. The minimum Gasteiger partial charge on any atom is -0.494 e. The zero-order valence-electron chi connectivity index (χ0n) is 26.3. The van der Waals surface area contributed by atoms with Crippen molar-refractivity contribution >= 4 is 66.6 Å². The Hall–Kier alpha value is -4.69. The number of nitrogens with one attached hydrogen (secondary N) is 3. The Labute approximate surface area is 262 Å². The minimum atomic E-state index is -3.62. The highest BCUT2D eigenvalue weighted by atomic mass is 32.2. The largest absolute Gasteiger partial charge is 0.494 e. The summed E-state index contributed by atoms with van der Waals surface area (Å²) in [5, 5.41) is 6.70. The van der Waals surface area contributed by atoms with Gasteiger partial charge in [-0.25, -0.2) is 13.4 Å². The molecular weight excluding hydrogens is 592 g/mol. The van der Waals surface area contributed by atoms with Gasteiger partial charge in [0, 0.05) is 56.5 Å². The number of anilines is 6. The van der Waals surface area contributed by atoms with Crippen molar-refractivity contribution < 1.29 is 13.2 Å². The van der Waals surface area contributed by atoms with Gasteiger partial charge in [0.1, 0.15) is 22.5 Å². The molecule has 0 radical (unpaired) electrons. The number of nitrogens with zero attached hydrogens (tertiary/aromatic N) is 7. The summed E-state index contributed by atoms with van der Waals surface area (Å²) >= 11 is 0. The summed E-state index contributed by atoms with van der Waals surface area (Å²) in [5.74, 6) is 1.48. The first kappa shape index (κ1) is 30.3. The van der Waals surface area contributed by atoms with Gasteiger partial charge < -0.3 is 30.2 Å². The van der Waals surface area contributed by atoms with Crippen LogP contribution in [0.2, 0.25) is 0 Å². The average molecular weight is 631 g/mol. The number of hydrogen-bond donors (Lipinski definition) is 3. The quantitative estimate of drug-likeness (QED) is 0.210. The number of rotatable bonds is 9. The van der Waals surface area contributed by atoms with Crippen molar-refractivity contribution in [3.63, 3.8) is 0 Å². The van der Waals surface area contributed by atoms with Crippen LogP contribution in [-0.4, -0.2) is 91.9 Å². The standard InChI is InChI=1S/C31H38N10O3S/c1-19-17-24(26(44-5)18-25(19)41-15-10-20(11-16-41)39(2)3)37-31-36-22-9-12-33-28(22)30(38-31)35-23-8-7-21-27(34-14-13-32-21)29(23)40(4)45(6,42)43/h7-9,12-14,17-18,20,33H,10-11,15-16H2,1-6H3,(H2,35,36,37,38). The third kappa shape index (κ3) is 6.02. The number of ether oxygens (including phenoxy) is 1. The summed E-state index contributed by atoms with van der Waals surface area (Å²) in [6, 6.07) is 10.1. The van der Waals surface area contributed by atoms with Crippen molar-refractivity contribution in [1.29, 1.82) is 0 Å². The smallest absolute Gasteiger partial charge is 0.232 e. The van der Waals surface area contributed by atoms with Gasteiger partial charge in [-0.2, -0.15) is 4.98 Å². The maximum Gasteiger partial charge on any atom is 0.232 e. The highest BCUT2D eigenvalue weighted by molar-refractivity contribution is 7.92. The van der Waals surface area contributed by atoms with E-state index in [2.05, 4.69) is 68.5 Å². The van der Waals surface area contributed by atoms with Crippen LogP contribution in [0.25, 0.3) is 22.1 Å². The van der Waals surface area contributed by atoms with Gasteiger partial charge in [0.05, 0.1) is 35.8 Å². The van der Waals surface area contributed by atoms with Crippen molar-refractivity contribution in [2.45, 2.75) is 25.8 Å². The predicted molar refractivity (Wildman–Crippen MR) is 180 cm³/mol. The fourth-order valence-electron chi connectivity index (χ4n) is 5.85. The van der Waals surface area contributed by atoms with Gasteiger partial charge in [0.2, 0.25) is 16.0 Å². The van der Waals surface area contributed by atoms with Gasteiger partial charge in [-0.3, -0.25) is 14.3 Å².